The van der Waals surface area contributed by atoms with Crippen LogP contribution in [-0.4, -0.2) is 42.5 Å². The quantitative estimate of drug-likeness (QED) is 0.769. The normalized spacial score (nSPS) is 18.0. The molecule has 2 unspecified atom stereocenters. The molecule has 1 aliphatic rings. The van der Waals surface area contributed by atoms with E-state index in [9.17, 15) is 9.59 Å². The molecule has 2 aromatic rings. The van der Waals surface area contributed by atoms with E-state index < -0.39 is 6.04 Å². The van der Waals surface area contributed by atoms with Crippen LogP contribution in [0.2, 0.25) is 0 Å². The van der Waals surface area contributed by atoms with Crippen molar-refractivity contribution in [1.29, 1.82) is 0 Å². The van der Waals surface area contributed by atoms with E-state index in [0.717, 1.165) is 25.1 Å². The van der Waals surface area contributed by atoms with Crippen molar-refractivity contribution < 1.29 is 14.3 Å². The Labute approximate surface area is 170 Å². The summed E-state index contributed by atoms with van der Waals surface area (Å²) in [5.41, 5.74) is 0. The molecular weight excluding hydrogens is 372 g/mol. The Morgan fingerprint density at radius 3 is 2.68 bits per heavy atom. The average Bonchev–Trinajstić information content (AvgIpc) is 3.26. The lowest BCUT2D eigenvalue weighted by Crippen LogP contribution is -2.53. The number of carbonyl (C=O) groups is 2. The molecule has 5 nitrogen and oxygen atoms in total. The molecule has 1 fully saturated rings. The highest BCUT2D eigenvalue weighted by molar-refractivity contribution is 7.12. The summed E-state index contributed by atoms with van der Waals surface area (Å²) in [4.78, 5) is 28.1. The Bertz CT molecular complexity index is 761. The molecule has 0 spiro atoms. The Morgan fingerprint density at radius 2 is 2.00 bits per heavy atom. The van der Waals surface area contributed by atoms with Crippen LogP contribution in [0.4, 0.5) is 0 Å². The van der Waals surface area contributed by atoms with Gasteiger partial charge in [-0.2, -0.15) is 0 Å². The first-order valence-electron chi connectivity index (χ1n) is 9.85. The van der Waals surface area contributed by atoms with Gasteiger partial charge in [0.2, 0.25) is 5.91 Å². The minimum atomic E-state index is -0.511. The Balaban J connectivity index is 1.58. The third-order valence-corrected chi connectivity index (χ3v) is 5.89. The van der Waals surface area contributed by atoms with Gasteiger partial charge in [-0.3, -0.25) is 9.59 Å². The number of para-hydroxylation sites is 1. The van der Waals surface area contributed by atoms with Crippen LogP contribution in [0.3, 0.4) is 0 Å². The van der Waals surface area contributed by atoms with Gasteiger partial charge in [0.05, 0.1) is 11.5 Å². The molecule has 0 aliphatic carbocycles. The first-order valence-corrected chi connectivity index (χ1v) is 10.7. The van der Waals surface area contributed by atoms with Crippen molar-refractivity contribution in [2.24, 2.45) is 11.8 Å². The molecule has 1 aliphatic heterocycles. The Morgan fingerprint density at radius 1 is 1.21 bits per heavy atom. The van der Waals surface area contributed by atoms with Gasteiger partial charge in [-0.15, -0.1) is 11.3 Å². The summed E-state index contributed by atoms with van der Waals surface area (Å²) in [6.07, 6.45) is 2.00. The molecule has 0 radical (unpaired) electrons. The molecule has 3 rings (SSSR count). The van der Waals surface area contributed by atoms with E-state index in [0.29, 0.717) is 23.9 Å². The number of piperidine rings is 1. The maximum absolute atomic E-state index is 13.1. The predicted octanol–water partition coefficient (Wildman–Crippen LogP) is 3.82. The number of nitrogens with one attached hydrogen (secondary N) is 1. The number of amides is 2. The maximum atomic E-state index is 13.1. The van der Waals surface area contributed by atoms with Crippen molar-refractivity contribution in [1.82, 2.24) is 10.2 Å². The maximum Gasteiger partial charge on any atom is 0.262 e. The second-order valence-corrected chi connectivity index (χ2v) is 8.54. The lowest BCUT2D eigenvalue weighted by atomic mass is 9.96. The van der Waals surface area contributed by atoms with Gasteiger partial charge in [-0.1, -0.05) is 38.1 Å². The average molecular weight is 401 g/mol. The van der Waals surface area contributed by atoms with Gasteiger partial charge in [0, 0.05) is 19.0 Å². The zero-order valence-electron chi connectivity index (χ0n) is 16.5. The van der Waals surface area contributed by atoms with Crippen LogP contribution in [-0.2, 0) is 4.79 Å². The van der Waals surface area contributed by atoms with E-state index >= 15 is 0 Å². The monoisotopic (exact) mass is 400 g/mol. The fourth-order valence-electron chi connectivity index (χ4n) is 3.46. The number of hydrogen-bond acceptors (Lipinski definition) is 4. The van der Waals surface area contributed by atoms with E-state index in [1.54, 1.807) is 6.07 Å². The molecule has 1 N–H and O–H groups in total. The molecule has 28 heavy (non-hydrogen) atoms. The van der Waals surface area contributed by atoms with Gasteiger partial charge >= 0.3 is 0 Å². The SMILES string of the molecule is CC(C)C(NC(=O)c1cccs1)C(=O)N1CCCC(COc2ccccc2)C1. The third-order valence-electron chi connectivity index (χ3n) is 5.02. The molecule has 0 bridgehead atoms. The topological polar surface area (TPSA) is 58.6 Å². The van der Waals surface area contributed by atoms with Gasteiger partial charge in [0.15, 0.2) is 0 Å². The minimum Gasteiger partial charge on any atom is -0.493 e. The number of benzene rings is 1. The number of hydrogen-bond donors (Lipinski definition) is 1. The standard InChI is InChI=1S/C22H28N2O3S/c1-16(2)20(23-21(25)19-11-7-13-28-19)22(26)24-12-6-8-17(14-24)15-27-18-9-4-3-5-10-18/h3-5,7,9-11,13,16-17,20H,6,8,12,14-15H2,1-2H3,(H,23,25). The van der Waals surface area contributed by atoms with Crippen LogP contribution in [0.1, 0.15) is 36.4 Å². The fraction of sp³-hybridized carbons (Fsp3) is 0.455. The van der Waals surface area contributed by atoms with E-state index in [-0.39, 0.29) is 17.7 Å². The number of nitrogens with zero attached hydrogens (tertiary/aromatic N) is 1. The fourth-order valence-corrected chi connectivity index (χ4v) is 4.09. The lowest BCUT2D eigenvalue weighted by Gasteiger charge is -2.36. The van der Waals surface area contributed by atoms with Gasteiger partial charge in [-0.25, -0.2) is 0 Å². The molecule has 1 saturated heterocycles. The Hall–Kier alpha value is -2.34. The Kier molecular flexibility index (Phi) is 7.09. The highest BCUT2D eigenvalue weighted by Gasteiger charge is 2.32. The van der Waals surface area contributed by atoms with E-state index in [1.807, 2.05) is 60.5 Å². The highest BCUT2D eigenvalue weighted by atomic mass is 32.1. The van der Waals surface area contributed by atoms with Gasteiger partial charge in [-0.05, 0) is 42.3 Å². The second kappa shape index (κ2) is 9.73. The van der Waals surface area contributed by atoms with Crippen molar-refractivity contribution in [2.45, 2.75) is 32.7 Å². The zero-order valence-corrected chi connectivity index (χ0v) is 17.3. The first-order chi connectivity index (χ1) is 13.5. The van der Waals surface area contributed by atoms with Crippen LogP contribution in [0.5, 0.6) is 5.75 Å². The summed E-state index contributed by atoms with van der Waals surface area (Å²) in [6.45, 7) is 5.94. The van der Waals surface area contributed by atoms with Gasteiger partial charge in [0.1, 0.15) is 11.8 Å². The summed E-state index contributed by atoms with van der Waals surface area (Å²) in [6, 6.07) is 12.9. The summed E-state index contributed by atoms with van der Waals surface area (Å²) in [7, 11) is 0. The van der Waals surface area contributed by atoms with Crippen LogP contribution < -0.4 is 10.1 Å². The number of thiophene rings is 1. The second-order valence-electron chi connectivity index (χ2n) is 7.59. The summed E-state index contributed by atoms with van der Waals surface area (Å²) in [5.74, 6) is 1.01. The molecule has 6 heteroatoms. The van der Waals surface area contributed by atoms with Crippen LogP contribution in [0.15, 0.2) is 47.8 Å². The number of likely N-dealkylation sites (tertiary alicyclic amines) is 1. The first kappa shape index (κ1) is 20.4. The van der Waals surface area contributed by atoms with Gasteiger partial charge < -0.3 is 15.0 Å². The zero-order chi connectivity index (χ0) is 19.9. The van der Waals surface area contributed by atoms with Crippen molar-refractivity contribution in [3.05, 3.63) is 52.7 Å². The smallest absolute Gasteiger partial charge is 0.262 e. The molecule has 2 atom stereocenters. The molecule has 150 valence electrons. The van der Waals surface area contributed by atoms with Crippen LogP contribution >= 0.6 is 11.3 Å². The molecular formula is C22H28N2O3S. The molecule has 2 heterocycles. The lowest BCUT2D eigenvalue weighted by molar-refractivity contribution is -0.136. The highest BCUT2D eigenvalue weighted by Crippen LogP contribution is 2.21. The van der Waals surface area contributed by atoms with Crippen molar-refractivity contribution in [2.75, 3.05) is 19.7 Å². The van der Waals surface area contributed by atoms with Crippen LogP contribution in [0, 0.1) is 11.8 Å². The van der Waals surface area contributed by atoms with Crippen molar-refractivity contribution in [3.63, 3.8) is 0 Å². The summed E-state index contributed by atoms with van der Waals surface area (Å²) in [5, 5.41) is 4.80. The van der Waals surface area contributed by atoms with E-state index in [1.165, 1.54) is 11.3 Å². The third kappa shape index (κ3) is 5.35. The largest absolute Gasteiger partial charge is 0.493 e. The number of ether oxygens (including phenoxy) is 1. The molecule has 1 aromatic heterocycles. The molecule has 2 amide bonds. The van der Waals surface area contributed by atoms with E-state index in [4.69, 9.17) is 4.74 Å². The molecule has 1 aromatic carbocycles. The number of rotatable bonds is 7. The minimum absolute atomic E-state index is 0.00400. The van der Waals surface area contributed by atoms with Crippen molar-refractivity contribution in [3.8, 4) is 5.75 Å². The summed E-state index contributed by atoms with van der Waals surface area (Å²) < 4.78 is 5.89. The number of carbonyl (C=O) groups excluding carboxylic acids is 2. The van der Waals surface area contributed by atoms with Gasteiger partial charge in [0.25, 0.3) is 5.91 Å². The van der Waals surface area contributed by atoms with Crippen molar-refractivity contribution >= 4 is 23.2 Å². The van der Waals surface area contributed by atoms with Crippen LogP contribution in [0.25, 0.3) is 0 Å². The molecule has 0 saturated carbocycles. The predicted molar refractivity (Wildman–Crippen MR) is 112 cm³/mol. The summed E-state index contributed by atoms with van der Waals surface area (Å²) >= 11 is 1.38. The van der Waals surface area contributed by atoms with E-state index in [2.05, 4.69) is 5.32 Å².